The van der Waals surface area contributed by atoms with Crippen LogP contribution in [0.5, 0.6) is 11.5 Å². The summed E-state index contributed by atoms with van der Waals surface area (Å²) in [6.07, 6.45) is 2.76. The van der Waals surface area contributed by atoms with Crippen LogP contribution in [0.1, 0.15) is 60.9 Å². The van der Waals surface area contributed by atoms with E-state index in [1.165, 1.54) is 5.56 Å². The Morgan fingerprint density at radius 1 is 0.975 bits per heavy atom. The normalized spacial score (nSPS) is 20.0. The number of anilines is 1. The van der Waals surface area contributed by atoms with Crippen molar-refractivity contribution in [1.82, 2.24) is 4.90 Å². The van der Waals surface area contributed by atoms with E-state index < -0.39 is 17.9 Å². The zero-order valence-corrected chi connectivity index (χ0v) is 23.5. The number of hydrogen-bond acceptors (Lipinski definition) is 5. The number of hydrogen-bond donors (Lipinski definition) is 1. The molecule has 2 aliphatic heterocycles. The number of benzene rings is 3. The summed E-state index contributed by atoms with van der Waals surface area (Å²) in [5.41, 5.74) is 4.95. The van der Waals surface area contributed by atoms with Crippen molar-refractivity contribution >= 4 is 17.6 Å². The van der Waals surface area contributed by atoms with Crippen LogP contribution in [0.2, 0.25) is 0 Å². The molecule has 0 radical (unpaired) electrons. The predicted octanol–water partition coefficient (Wildman–Crippen LogP) is 5.96. The first kappa shape index (κ1) is 27.7. The molecule has 40 heavy (non-hydrogen) atoms. The van der Waals surface area contributed by atoms with Crippen LogP contribution in [0.3, 0.4) is 0 Å². The van der Waals surface area contributed by atoms with Gasteiger partial charge in [-0.1, -0.05) is 62.7 Å². The van der Waals surface area contributed by atoms with E-state index in [-0.39, 0.29) is 25.2 Å². The summed E-state index contributed by atoms with van der Waals surface area (Å²) < 4.78 is 11.1. The number of carbonyl (C=O) groups is 2. The number of fused-ring (bicyclic) bond motifs is 1. The molecule has 7 nitrogen and oxygen atoms in total. The van der Waals surface area contributed by atoms with Crippen LogP contribution in [0.15, 0.2) is 66.7 Å². The fraction of sp³-hybridized carbons (Fsp3) is 0.394. The largest absolute Gasteiger partial charge is 0.481 e. The molecule has 210 valence electrons. The van der Waals surface area contributed by atoms with Crippen LogP contribution in [0, 0.1) is 12.8 Å². The van der Waals surface area contributed by atoms with E-state index in [9.17, 15) is 14.7 Å². The van der Waals surface area contributed by atoms with Gasteiger partial charge in [0.2, 0.25) is 12.7 Å². The van der Waals surface area contributed by atoms with E-state index in [0.29, 0.717) is 24.6 Å². The molecule has 1 saturated heterocycles. The van der Waals surface area contributed by atoms with Crippen molar-refractivity contribution in [2.45, 2.75) is 52.0 Å². The van der Waals surface area contributed by atoms with Crippen LogP contribution in [0.25, 0.3) is 0 Å². The first-order valence-electron chi connectivity index (χ1n) is 14.2. The molecule has 0 unspecified atom stereocenters. The Bertz CT molecular complexity index is 1360. The number of nitrogens with zero attached hydrogens (tertiary/aromatic N) is 2. The second-order valence-electron chi connectivity index (χ2n) is 10.8. The molecular weight excluding hydrogens is 504 g/mol. The van der Waals surface area contributed by atoms with Gasteiger partial charge in [-0.15, -0.1) is 0 Å². The number of carboxylic acid groups (broad SMARTS) is 1. The second-order valence-corrected chi connectivity index (χ2v) is 10.8. The van der Waals surface area contributed by atoms with Gasteiger partial charge in [0, 0.05) is 30.7 Å². The zero-order chi connectivity index (χ0) is 28.2. The average Bonchev–Trinajstić information content (AvgIpc) is 3.58. The number of aryl methyl sites for hydroxylation is 2. The lowest BCUT2D eigenvalue weighted by Crippen LogP contribution is -2.41. The minimum absolute atomic E-state index is 0.0234. The average molecular weight is 543 g/mol. The molecule has 0 aromatic heterocycles. The quantitative estimate of drug-likeness (QED) is 0.341. The minimum Gasteiger partial charge on any atom is -0.481 e. The lowest BCUT2D eigenvalue weighted by atomic mass is 9.82. The van der Waals surface area contributed by atoms with Crippen LogP contribution in [0.4, 0.5) is 5.69 Å². The second kappa shape index (κ2) is 12.1. The Labute approximate surface area is 236 Å². The molecule has 1 N–H and O–H groups in total. The Morgan fingerprint density at radius 3 is 2.42 bits per heavy atom. The van der Waals surface area contributed by atoms with Crippen LogP contribution < -0.4 is 14.4 Å². The highest BCUT2D eigenvalue weighted by molar-refractivity contribution is 5.95. The molecule has 0 aliphatic carbocycles. The molecule has 1 fully saturated rings. The Hall–Kier alpha value is -3.84. The number of aliphatic carboxylic acids is 1. The molecule has 2 aliphatic rings. The van der Waals surface area contributed by atoms with Gasteiger partial charge in [-0.2, -0.15) is 0 Å². The zero-order valence-electron chi connectivity index (χ0n) is 23.5. The van der Waals surface area contributed by atoms with Crippen molar-refractivity contribution in [2.75, 3.05) is 31.3 Å². The smallest absolute Gasteiger partial charge is 0.309 e. The van der Waals surface area contributed by atoms with Crippen LogP contribution in [-0.4, -0.2) is 48.3 Å². The van der Waals surface area contributed by atoms with Gasteiger partial charge in [0.15, 0.2) is 11.5 Å². The van der Waals surface area contributed by atoms with Gasteiger partial charge in [-0.05, 0) is 66.3 Å². The van der Waals surface area contributed by atoms with Crippen molar-refractivity contribution in [3.05, 3.63) is 89.0 Å². The van der Waals surface area contributed by atoms with E-state index in [1.807, 2.05) is 66.4 Å². The van der Waals surface area contributed by atoms with Crippen molar-refractivity contribution in [3.63, 3.8) is 0 Å². The third-order valence-corrected chi connectivity index (χ3v) is 8.13. The maximum absolute atomic E-state index is 14.0. The number of ether oxygens (including phenoxy) is 2. The highest BCUT2D eigenvalue weighted by Gasteiger charge is 2.48. The van der Waals surface area contributed by atoms with Gasteiger partial charge in [0.25, 0.3) is 0 Å². The fourth-order valence-electron chi connectivity index (χ4n) is 5.99. The number of amides is 1. The van der Waals surface area contributed by atoms with E-state index >= 15 is 0 Å². The van der Waals surface area contributed by atoms with Gasteiger partial charge in [-0.25, -0.2) is 0 Å². The number of unbranched alkanes of at least 4 members (excludes halogenated alkanes) is 1. The van der Waals surface area contributed by atoms with E-state index in [2.05, 4.69) is 30.9 Å². The number of likely N-dealkylation sites (tertiary alicyclic amines) is 1. The standard InChI is InChI=1S/C33H38N2O5/c1-4-6-16-35(26-9-7-8-22(3)17-26)30(36)20-34-19-27(25-14-15-28-29(18-25)40-21-39-28)31(33(37)38)32(34)24-12-10-23(5-2)11-13-24/h7-15,17-18,27,31-32H,4-6,16,19-21H2,1-3H3,(H,37,38)/t27-,31+,32-/m1/s1. The van der Waals surface area contributed by atoms with Crippen molar-refractivity contribution in [1.29, 1.82) is 0 Å². The number of rotatable bonds is 10. The summed E-state index contributed by atoms with van der Waals surface area (Å²) >= 11 is 0. The maximum atomic E-state index is 14.0. The SMILES string of the molecule is CCCCN(C(=O)CN1C[C@H](c2ccc3c(c2)OCO3)[C@H](C(=O)O)[C@H]1c1ccc(CC)cc1)c1cccc(C)c1. The minimum atomic E-state index is -0.872. The highest BCUT2D eigenvalue weighted by Crippen LogP contribution is 2.47. The third kappa shape index (κ3) is 5.70. The summed E-state index contributed by atoms with van der Waals surface area (Å²) in [6, 6.07) is 21.4. The van der Waals surface area contributed by atoms with Crippen molar-refractivity contribution in [3.8, 4) is 11.5 Å². The fourth-order valence-corrected chi connectivity index (χ4v) is 5.99. The summed E-state index contributed by atoms with van der Waals surface area (Å²) in [4.78, 5) is 30.8. The van der Waals surface area contributed by atoms with E-state index in [0.717, 1.165) is 41.6 Å². The molecule has 0 saturated carbocycles. The van der Waals surface area contributed by atoms with E-state index in [4.69, 9.17) is 9.47 Å². The third-order valence-electron chi connectivity index (χ3n) is 8.13. The van der Waals surface area contributed by atoms with E-state index in [1.54, 1.807) is 0 Å². The molecule has 3 atom stereocenters. The lowest BCUT2D eigenvalue weighted by Gasteiger charge is -2.30. The van der Waals surface area contributed by atoms with Gasteiger partial charge in [0.05, 0.1) is 12.5 Å². The first-order valence-corrected chi connectivity index (χ1v) is 14.2. The summed E-state index contributed by atoms with van der Waals surface area (Å²) in [6.45, 7) is 7.59. The molecule has 5 rings (SSSR count). The highest BCUT2D eigenvalue weighted by atomic mass is 16.7. The molecule has 7 heteroatoms. The Morgan fingerprint density at radius 2 is 1.73 bits per heavy atom. The van der Waals surface area contributed by atoms with Gasteiger partial charge in [-0.3, -0.25) is 14.5 Å². The number of carbonyl (C=O) groups excluding carboxylic acids is 1. The molecular formula is C33H38N2O5. The molecule has 0 spiro atoms. The van der Waals surface area contributed by atoms with Crippen LogP contribution in [-0.2, 0) is 16.0 Å². The number of carboxylic acids is 1. The molecule has 3 aromatic rings. The summed E-state index contributed by atoms with van der Waals surface area (Å²) in [7, 11) is 0. The summed E-state index contributed by atoms with van der Waals surface area (Å²) in [5.74, 6) is -0.655. The van der Waals surface area contributed by atoms with Gasteiger partial charge < -0.3 is 19.5 Å². The monoisotopic (exact) mass is 542 g/mol. The lowest BCUT2D eigenvalue weighted by molar-refractivity contribution is -0.143. The van der Waals surface area contributed by atoms with Gasteiger partial charge in [0.1, 0.15) is 0 Å². The molecule has 1 amide bonds. The Kier molecular flexibility index (Phi) is 8.40. The molecule has 0 bridgehead atoms. The molecule has 2 heterocycles. The molecule has 3 aromatic carbocycles. The van der Waals surface area contributed by atoms with Crippen LogP contribution >= 0.6 is 0 Å². The maximum Gasteiger partial charge on any atom is 0.309 e. The summed E-state index contributed by atoms with van der Waals surface area (Å²) in [5, 5.41) is 10.6. The predicted molar refractivity (Wildman–Crippen MR) is 155 cm³/mol. The van der Waals surface area contributed by atoms with Crippen molar-refractivity contribution < 1.29 is 24.2 Å². The Balaban J connectivity index is 1.51. The topological polar surface area (TPSA) is 79.3 Å². The first-order chi connectivity index (χ1) is 19.4. The van der Waals surface area contributed by atoms with Crippen molar-refractivity contribution in [2.24, 2.45) is 5.92 Å². The van der Waals surface area contributed by atoms with Gasteiger partial charge >= 0.3 is 5.97 Å².